The largest absolute Gasteiger partial charge is 0.496 e. The Morgan fingerprint density at radius 1 is 1.21 bits per heavy atom. The van der Waals surface area contributed by atoms with Crippen molar-refractivity contribution in [2.24, 2.45) is 0 Å². The van der Waals surface area contributed by atoms with Gasteiger partial charge in [-0.3, -0.25) is 9.59 Å². The topological polar surface area (TPSA) is 84.7 Å². The molecule has 150 valence electrons. The Kier molecular flexibility index (Phi) is 7.54. The number of nitrogens with zero attached hydrogens (tertiary/aromatic N) is 1. The molecule has 0 unspecified atom stereocenters. The zero-order chi connectivity index (χ0) is 19.4. The van der Waals surface area contributed by atoms with Gasteiger partial charge in [0, 0.05) is 32.1 Å². The first kappa shape index (κ1) is 21.9. The number of carbonyl (C=O) groups excluding carboxylic acids is 2. The number of carbonyl (C=O) groups is 2. The fourth-order valence-corrected chi connectivity index (χ4v) is 3.28. The zero-order valence-electron chi connectivity index (χ0n) is 15.5. The summed E-state index contributed by atoms with van der Waals surface area (Å²) >= 11 is 5.99. The predicted molar refractivity (Wildman–Crippen MR) is 112 cm³/mol. The molecule has 0 aliphatic carbocycles. The van der Waals surface area contributed by atoms with E-state index in [4.69, 9.17) is 22.1 Å². The van der Waals surface area contributed by atoms with Crippen LogP contribution in [0.5, 0.6) is 5.75 Å². The molecule has 6 nitrogen and oxygen atoms in total. The number of nitrogens with one attached hydrogen (secondary N) is 1. The second-order valence-corrected chi connectivity index (χ2v) is 6.86. The Morgan fingerprint density at radius 3 is 2.46 bits per heavy atom. The minimum Gasteiger partial charge on any atom is -0.496 e. The van der Waals surface area contributed by atoms with E-state index < -0.39 is 0 Å². The van der Waals surface area contributed by atoms with Crippen LogP contribution in [0.15, 0.2) is 36.4 Å². The van der Waals surface area contributed by atoms with Gasteiger partial charge in [0.1, 0.15) is 5.75 Å². The number of hydrogen-bond acceptors (Lipinski definition) is 4. The molecule has 0 radical (unpaired) electrons. The first-order valence-electron chi connectivity index (χ1n) is 8.75. The molecule has 0 bridgehead atoms. The third-order valence-electron chi connectivity index (χ3n) is 4.61. The highest BCUT2D eigenvalue weighted by Gasteiger charge is 2.22. The van der Waals surface area contributed by atoms with Crippen molar-refractivity contribution < 1.29 is 14.3 Å². The minimum absolute atomic E-state index is 0. The van der Waals surface area contributed by atoms with Crippen LogP contribution in [-0.4, -0.2) is 30.4 Å². The second-order valence-electron chi connectivity index (χ2n) is 6.45. The molecular weight excluding hydrogens is 401 g/mol. The molecule has 3 N–H and O–H groups in total. The molecule has 0 saturated heterocycles. The van der Waals surface area contributed by atoms with E-state index in [1.54, 1.807) is 0 Å². The zero-order valence-corrected chi connectivity index (χ0v) is 17.1. The average molecular weight is 424 g/mol. The minimum atomic E-state index is -0.310. The van der Waals surface area contributed by atoms with Crippen LogP contribution in [-0.2, 0) is 17.9 Å². The van der Waals surface area contributed by atoms with E-state index in [2.05, 4.69) is 5.32 Å². The third kappa shape index (κ3) is 4.88. The summed E-state index contributed by atoms with van der Waals surface area (Å²) in [4.78, 5) is 26.6. The lowest BCUT2D eigenvalue weighted by atomic mass is 10.1. The molecule has 1 aliphatic heterocycles. The second kappa shape index (κ2) is 9.66. The standard InChI is InChI=1S/C20H22ClN3O3.ClH/c1-27-18-10-17(22)16(21)9-15(18)20(26)23-8-4-7-19(25)24-11-13-5-2-3-6-14(13)12-24;/h2-3,5-6,9-10H,4,7-8,11-12,22H2,1H3,(H,23,26);1H. The molecule has 2 amide bonds. The molecule has 0 spiro atoms. The molecular formula is C20H23Cl2N3O3. The van der Waals surface area contributed by atoms with E-state index in [1.165, 1.54) is 30.4 Å². The highest BCUT2D eigenvalue weighted by Crippen LogP contribution is 2.28. The summed E-state index contributed by atoms with van der Waals surface area (Å²) in [5, 5.41) is 3.09. The highest BCUT2D eigenvalue weighted by molar-refractivity contribution is 6.33. The maximum atomic E-state index is 12.4. The lowest BCUT2D eigenvalue weighted by Crippen LogP contribution is -2.28. The van der Waals surface area contributed by atoms with Crippen molar-refractivity contribution in [3.63, 3.8) is 0 Å². The van der Waals surface area contributed by atoms with Crippen LogP contribution in [0.2, 0.25) is 5.02 Å². The van der Waals surface area contributed by atoms with Crippen molar-refractivity contribution in [1.29, 1.82) is 0 Å². The first-order chi connectivity index (χ1) is 13.0. The van der Waals surface area contributed by atoms with Crippen LogP contribution < -0.4 is 15.8 Å². The highest BCUT2D eigenvalue weighted by atomic mass is 35.5. The van der Waals surface area contributed by atoms with Gasteiger partial charge in [0.05, 0.1) is 23.4 Å². The summed E-state index contributed by atoms with van der Waals surface area (Å²) in [5.41, 5.74) is 8.79. The number of benzene rings is 2. The Morgan fingerprint density at radius 2 is 1.86 bits per heavy atom. The monoisotopic (exact) mass is 423 g/mol. The number of ether oxygens (including phenoxy) is 1. The summed E-state index contributed by atoms with van der Waals surface area (Å²) in [6.45, 7) is 1.70. The van der Waals surface area contributed by atoms with Gasteiger partial charge in [-0.15, -0.1) is 12.4 Å². The Labute approximate surface area is 175 Å². The van der Waals surface area contributed by atoms with Gasteiger partial charge in [-0.05, 0) is 23.6 Å². The lowest BCUT2D eigenvalue weighted by molar-refractivity contribution is -0.131. The van der Waals surface area contributed by atoms with E-state index >= 15 is 0 Å². The van der Waals surface area contributed by atoms with Gasteiger partial charge in [0.15, 0.2) is 0 Å². The van der Waals surface area contributed by atoms with Crippen LogP contribution >= 0.6 is 24.0 Å². The third-order valence-corrected chi connectivity index (χ3v) is 4.94. The number of fused-ring (bicyclic) bond motifs is 1. The summed E-state index contributed by atoms with van der Waals surface area (Å²) in [6, 6.07) is 11.1. The van der Waals surface area contributed by atoms with Crippen LogP contribution in [0.25, 0.3) is 0 Å². The number of rotatable bonds is 6. The van der Waals surface area contributed by atoms with Crippen LogP contribution in [0.3, 0.4) is 0 Å². The lowest BCUT2D eigenvalue weighted by Gasteiger charge is -2.15. The van der Waals surface area contributed by atoms with Gasteiger partial charge in [0.2, 0.25) is 5.91 Å². The molecule has 2 aromatic carbocycles. The maximum Gasteiger partial charge on any atom is 0.255 e. The molecule has 0 saturated carbocycles. The van der Waals surface area contributed by atoms with Crippen LogP contribution in [0.4, 0.5) is 5.69 Å². The fourth-order valence-electron chi connectivity index (χ4n) is 3.12. The van der Waals surface area contributed by atoms with E-state index in [1.807, 2.05) is 29.2 Å². The summed E-state index contributed by atoms with van der Waals surface area (Å²) in [6.07, 6.45) is 0.941. The van der Waals surface area contributed by atoms with Gasteiger partial charge in [-0.2, -0.15) is 0 Å². The number of amides is 2. The van der Waals surface area contributed by atoms with Crippen molar-refractivity contribution in [1.82, 2.24) is 10.2 Å². The van der Waals surface area contributed by atoms with Crippen molar-refractivity contribution in [3.05, 3.63) is 58.1 Å². The Hall–Kier alpha value is -2.44. The Balaban J connectivity index is 0.00000280. The maximum absolute atomic E-state index is 12.4. The number of hydrogen-bond donors (Lipinski definition) is 2. The van der Waals surface area contributed by atoms with Gasteiger partial charge >= 0.3 is 0 Å². The van der Waals surface area contributed by atoms with E-state index in [9.17, 15) is 9.59 Å². The predicted octanol–water partition coefficient (Wildman–Crippen LogP) is 3.41. The van der Waals surface area contributed by atoms with Gasteiger partial charge in [0.25, 0.3) is 5.91 Å². The summed E-state index contributed by atoms with van der Waals surface area (Å²) in [7, 11) is 1.46. The first-order valence-corrected chi connectivity index (χ1v) is 9.13. The molecule has 0 fully saturated rings. The molecule has 1 aliphatic rings. The molecule has 2 aromatic rings. The van der Waals surface area contributed by atoms with Gasteiger partial charge in [-0.1, -0.05) is 35.9 Å². The van der Waals surface area contributed by atoms with E-state index in [-0.39, 0.29) is 24.2 Å². The molecule has 3 rings (SSSR count). The van der Waals surface area contributed by atoms with Crippen molar-refractivity contribution in [2.45, 2.75) is 25.9 Å². The smallest absolute Gasteiger partial charge is 0.255 e. The van der Waals surface area contributed by atoms with E-state index in [0.717, 1.165) is 0 Å². The summed E-state index contributed by atoms with van der Waals surface area (Å²) in [5.74, 6) is 0.142. The normalized spacial score (nSPS) is 12.1. The Bertz CT molecular complexity index is 849. The molecule has 1 heterocycles. The van der Waals surface area contributed by atoms with Crippen molar-refractivity contribution in [2.75, 3.05) is 19.4 Å². The average Bonchev–Trinajstić information content (AvgIpc) is 3.11. The number of anilines is 1. The molecule has 8 heteroatoms. The SMILES string of the molecule is COc1cc(N)c(Cl)cc1C(=O)NCCCC(=O)N1Cc2ccccc2C1.Cl. The molecule has 28 heavy (non-hydrogen) atoms. The number of halogens is 2. The number of methoxy groups -OCH3 is 1. The van der Waals surface area contributed by atoms with Crippen LogP contribution in [0.1, 0.15) is 34.3 Å². The number of nitrogen functional groups attached to an aromatic ring is 1. The van der Waals surface area contributed by atoms with Crippen molar-refractivity contribution in [3.8, 4) is 5.75 Å². The quantitative estimate of drug-likeness (QED) is 0.550. The fraction of sp³-hybridized carbons (Fsp3) is 0.300. The molecule has 0 atom stereocenters. The number of nitrogens with two attached hydrogens (primary N) is 1. The van der Waals surface area contributed by atoms with Gasteiger partial charge in [-0.25, -0.2) is 0 Å². The van der Waals surface area contributed by atoms with Gasteiger partial charge < -0.3 is 20.7 Å². The van der Waals surface area contributed by atoms with E-state index in [0.29, 0.717) is 54.5 Å². The summed E-state index contributed by atoms with van der Waals surface area (Å²) < 4.78 is 5.18. The molecule has 0 aromatic heterocycles. The van der Waals surface area contributed by atoms with Crippen molar-refractivity contribution >= 4 is 41.5 Å². The van der Waals surface area contributed by atoms with Crippen LogP contribution in [0, 0.1) is 0 Å².